The molecule has 5 nitrogen and oxygen atoms in total. The first-order valence-electron chi connectivity index (χ1n) is 6.25. The number of hydrogen-bond acceptors (Lipinski definition) is 4. The molecule has 1 unspecified atom stereocenters. The molecule has 3 rings (SSSR count). The van der Waals surface area contributed by atoms with Gasteiger partial charge < -0.3 is 9.47 Å². The van der Waals surface area contributed by atoms with E-state index in [1.807, 2.05) is 6.07 Å². The predicted molar refractivity (Wildman–Crippen MR) is 70.2 cm³/mol. The quantitative estimate of drug-likeness (QED) is 0.824. The predicted octanol–water partition coefficient (Wildman–Crippen LogP) is 1.44. The Hall–Kier alpha value is -1.27. The Morgan fingerprint density at radius 2 is 1.79 bits per heavy atom. The third-order valence-electron chi connectivity index (χ3n) is 4.11. The zero-order valence-corrected chi connectivity index (χ0v) is 12.0. The van der Waals surface area contributed by atoms with Crippen LogP contribution in [0.3, 0.4) is 0 Å². The number of methoxy groups -OCH3 is 2. The molecule has 2 bridgehead atoms. The first-order valence-corrected chi connectivity index (χ1v) is 7.69. The largest absolute Gasteiger partial charge is 0.493 e. The van der Waals surface area contributed by atoms with E-state index in [2.05, 4.69) is 6.92 Å². The molecular formula is C13H17NO4S. The van der Waals surface area contributed by atoms with Gasteiger partial charge in [0.05, 0.1) is 19.1 Å². The van der Waals surface area contributed by atoms with Crippen molar-refractivity contribution in [3.05, 3.63) is 17.7 Å². The minimum Gasteiger partial charge on any atom is -0.493 e. The number of rotatable bonds is 2. The summed E-state index contributed by atoms with van der Waals surface area (Å²) >= 11 is 0. The molecule has 0 aromatic heterocycles. The number of nitrogens with zero attached hydrogens (tertiary/aromatic N) is 1. The highest BCUT2D eigenvalue weighted by molar-refractivity contribution is 7.89. The van der Waals surface area contributed by atoms with Gasteiger partial charge >= 0.3 is 0 Å². The minimum absolute atomic E-state index is 0.248. The van der Waals surface area contributed by atoms with Crippen molar-refractivity contribution >= 4 is 10.0 Å². The smallest absolute Gasteiger partial charge is 0.243 e. The highest BCUT2D eigenvalue weighted by Gasteiger charge is 2.45. The van der Waals surface area contributed by atoms with Gasteiger partial charge in [0.25, 0.3) is 0 Å². The van der Waals surface area contributed by atoms with E-state index in [0.717, 1.165) is 5.56 Å². The lowest BCUT2D eigenvalue weighted by Gasteiger charge is -2.26. The van der Waals surface area contributed by atoms with Gasteiger partial charge in [-0.1, -0.05) is 6.92 Å². The summed E-state index contributed by atoms with van der Waals surface area (Å²) in [5.41, 5.74) is 0.860. The second kappa shape index (κ2) is 4.11. The van der Waals surface area contributed by atoms with Crippen LogP contribution >= 0.6 is 0 Å². The monoisotopic (exact) mass is 283 g/mol. The molecule has 2 heterocycles. The fourth-order valence-electron chi connectivity index (χ4n) is 3.05. The lowest BCUT2D eigenvalue weighted by molar-refractivity contribution is 0.351. The minimum atomic E-state index is -3.38. The topological polar surface area (TPSA) is 55.8 Å². The van der Waals surface area contributed by atoms with Crippen LogP contribution < -0.4 is 9.47 Å². The lowest BCUT2D eigenvalue weighted by atomic mass is 9.90. The zero-order chi connectivity index (χ0) is 13.8. The molecule has 0 N–H and O–H groups in total. The van der Waals surface area contributed by atoms with Crippen LogP contribution in [-0.4, -0.2) is 40.0 Å². The summed E-state index contributed by atoms with van der Waals surface area (Å²) in [6, 6.07) is 3.40. The van der Waals surface area contributed by atoms with Gasteiger partial charge in [-0.15, -0.1) is 0 Å². The molecule has 19 heavy (non-hydrogen) atoms. The molecule has 0 amide bonds. The molecule has 1 saturated heterocycles. The third kappa shape index (κ3) is 1.66. The van der Waals surface area contributed by atoms with Crippen molar-refractivity contribution in [3.63, 3.8) is 0 Å². The highest BCUT2D eigenvalue weighted by Crippen LogP contribution is 2.46. The van der Waals surface area contributed by atoms with Gasteiger partial charge in [-0.3, -0.25) is 0 Å². The molecule has 6 heteroatoms. The summed E-state index contributed by atoms with van der Waals surface area (Å²) < 4.78 is 37.1. The van der Waals surface area contributed by atoms with Crippen molar-refractivity contribution in [2.75, 3.05) is 27.3 Å². The fraction of sp³-hybridized carbons (Fsp3) is 0.538. The van der Waals surface area contributed by atoms with E-state index in [1.165, 1.54) is 7.11 Å². The molecule has 1 aromatic carbocycles. The van der Waals surface area contributed by atoms with Gasteiger partial charge in [0.1, 0.15) is 0 Å². The Kier molecular flexibility index (Phi) is 2.76. The van der Waals surface area contributed by atoms with Crippen LogP contribution in [0.5, 0.6) is 11.5 Å². The molecule has 104 valence electrons. The summed E-state index contributed by atoms with van der Waals surface area (Å²) in [5, 5.41) is 0. The van der Waals surface area contributed by atoms with Gasteiger partial charge in [-0.2, -0.15) is 4.31 Å². The summed E-state index contributed by atoms with van der Waals surface area (Å²) in [4.78, 5) is 0.366. The summed E-state index contributed by atoms with van der Waals surface area (Å²) in [6.07, 6.45) is 0. The highest BCUT2D eigenvalue weighted by atomic mass is 32.2. The second-order valence-electron chi connectivity index (χ2n) is 5.15. The fourth-order valence-corrected chi connectivity index (χ4v) is 4.88. The van der Waals surface area contributed by atoms with Crippen LogP contribution in [0.1, 0.15) is 18.4 Å². The Morgan fingerprint density at radius 3 is 2.42 bits per heavy atom. The van der Waals surface area contributed by atoms with E-state index in [4.69, 9.17) is 9.47 Å². The van der Waals surface area contributed by atoms with E-state index in [1.54, 1.807) is 17.5 Å². The van der Waals surface area contributed by atoms with Crippen LogP contribution in [0.25, 0.3) is 0 Å². The molecule has 3 atom stereocenters. The van der Waals surface area contributed by atoms with Crippen molar-refractivity contribution in [1.29, 1.82) is 0 Å². The standard InChI is InChI=1S/C13H17NO4S/c1-8-6-14-7-10(8)9-4-11(17-2)12(18-3)5-13(9)19(14,15)16/h4-5,8,10H,6-7H2,1-3H3/t8-,10+/m1/s1. The second-order valence-corrected chi connectivity index (χ2v) is 7.06. The average Bonchev–Trinajstić information content (AvgIpc) is 2.76. The van der Waals surface area contributed by atoms with Crippen molar-refractivity contribution in [3.8, 4) is 11.5 Å². The SMILES string of the molecule is COc1cc2c(cc1OC)S(=O)(=O)N1C[C@@H](C)[C@@H]2C1. The molecule has 0 aliphatic carbocycles. The molecule has 0 saturated carbocycles. The summed E-state index contributed by atoms with van der Waals surface area (Å²) in [5.74, 6) is 1.62. The van der Waals surface area contributed by atoms with Crippen LogP contribution in [-0.2, 0) is 10.0 Å². The van der Waals surface area contributed by atoms with Gasteiger partial charge in [-0.05, 0) is 17.5 Å². The van der Waals surface area contributed by atoms with E-state index >= 15 is 0 Å². The third-order valence-corrected chi connectivity index (χ3v) is 6.00. The maximum Gasteiger partial charge on any atom is 0.243 e. The van der Waals surface area contributed by atoms with E-state index < -0.39 is 10.0 Å². The van der Waals surface area contributed by atoms with Crippen LogP contribution in [0.2, 0.25) is 0 Å². The van der Waals surface area contributed by atoms with Gasteiger partial charge in [-0.25, -0.2) is 8.42 Å². The van der Waals surface area contributed by atoms with Crippen LogP contribution in [0.15, 0.2) is 17.0 Å². The van der Waals surface area contributed by atoms with E-state index in [-0.39, 0.29) is 5.92 Å². The first kappa shape index (κ1) is 12.7. The van der Waals surface area contributed by atoms with Crippen molar-refractivity contribution < 1.29 is 17.9 Å². The zero-order valence-electron chi connectivity index (χ0n) is 11.2. The molecule has 2 aliphatic rings. The van der Waals surface area contributed by atoms with Crippen molar-refractivity contribution in [1.82, 2.24) is 4.31 Å². The molecule has 0 radical (unpaired) electrons. The number of hydrogen-bond donors (Lipinski definition) is 0. The van der Waals surface area contributed by atoms with Crippen LogP contribution in [0.4, 0.5) is 0 Å². The number of benzene rings is 1. The number of sulfonamides is 1. The Bertz CT molecular complexity index is 626. The van der Waals surface area contributed by atoms with Gasteiger partial charge in [0.2, 0.25) is 10.0 Å². The van der Waals surface area contributed by atoms with Crippen molar-refractivity contribution in [2.45, 2.75) is 17.7 Å². The maximum atomic E-state index is 12.5. The Balaban J connectivity index is 2.27. The normalized spacial score (nSPS) is 30.8. The average molecular weight is 283 g/mol. The van der Waals surface area contributed by atoms with Crippen molar-refractivity contribution in [2.24, 2.45) is 5.92 Å². The molecular weight excluding hydrogens is 266 g/mol. The number of ether oxygens (including phenoxy) is 2. The first-order chi connectivity index (χ1) is 8.98. The number of fused-ring (bicyclic) bond motifs is 4. The summed E-state index contributed by atoms with van der Waals surface area (Å²) in [7, 11) is -0.311. The molecule has 2 aliphatic heterocycles. The van der Waals surface area contributed by atoms with Gasteiger partial charge in [0, 0.05) is 25.1 Å². The molecule has 1 fully saturated rings. The van der Waals surface area contributed by atoms with E-state index in [9.17, 15) is 8.42 Å². The molecule has 1 aromatic rings. The summed E-state index contributed by atoms with van der Waals surface area (Å²) in [6.45, 7) is 3.25. The van der Waals surface area contributed by atoms with E-state index in [0.29, 0.717) is 35.4 Å². The lowest BCUT2D eigenvalue weighted by Crippen LogP contribution is -2.32. The molecule has 0 spiro atoms. The van der Waals surface area contributed by atoms with Crippen LogP contribution in [0, 0.1) is 5.92 Å². The maximum absolute atomic E-state index is 12.5. The van der Waals surface area contributed by atoms with Gasteiger partial charge in [0.15, 0.2) is 11.5 Å². The Morgan fingerprint density at radius 1 is 1.16 bits per heavy atom. The Labute approximate surface area is 113 Å².